The first-order chi connectivity index (χ1) is 16.4. The number of carbonyl (C=O) groups excluding carboxylic acids is 2. The zero-order chi connectivity index (χ0) is 24.7. The third kappa shape index (κ3) is 5.69. The van der Waals surface area contributed by atoms with Crippen molar-refractivity contribution in [3.8, 4) is 11.5 Å². The zero-order valence-corrected chi connectivity index (χ0v) is 20.4. The standard InChI is InChI=1S/C26H33NO7/c1-17(2)20-12-21(24(34-16-31-4)13-23(20)33-15-30-3)25(28)27-14-19(11-22(27)26(29)32-5)18-9-7-6-8-10-18/h6-10,12-13,17,19,22H,11,14-16H2,1-5H3/t19-,22+/m0/s1. The van der Waals surface area contributed by atoms with Gasteiger partial charge in [-0.15, -0.1) is 0 Å². The molecular weight excluding hydrogens is 438 g/mol. The largest absolute Gasteiger partial charge is 0.467 e. The fraction of sp³-hybridized carbons (Fsp3) is 0.462. The summed E-state index contributed by atoms with van der Waals surface area (Å²) in [5, 5.41) is 0. The number of nitrogens with zero attached hydrogens (tertiary/aromatic N) is 1. The topological polar surface area (TPSA) is 83.5 Å². The highest BCUT2D eigenvalue weighted by Gasteiger charge is 2.42. The van der Waals surface area contributed by atoms with Crippen LogP contribution in [0.3, 0.4) is 0 Å². The molecule has 1 aliphatic rings. The Morgan fingerprint density at radius 2 is 1.62 bits per heavy atom. The average molecular weight is 472 g/mol. The van der Waals surface area contributed by atoms with Gasteiger partial charge >= 0.3 is 5.97 Å². The van der Waals surface area contributed by atoms with E-state index in [1.807, 2.05) is 44.2 Å². The quantitative estimate of drug-likeness (QED) is 0.383. The molecule has 2 aromatic rings. The first kappa shape index (κ1) is 25.5. The highest BCUT2D eigenvalue weighted by Crippen LogP contribution is 2.38. The van der Waals surface area contributed by atoms with E-state index in [2.05, 4.69) is 0 Å². The lowest BCUT2D eigenvalue weighted by Gasteiger charge is -2.25. The van der Waals surface area contributed by atoms with Crippen molar-refractivity contribution in [2.75, 3.05) is 41.5 Å². The van der Waals surface area contributed by atoms with Crippen LogP contribution in [0.2, 0.25) is 0 Å². The Bertz CT molecular complexity index is 977. The second kappa shape index (κ2) is 11.9. The molecule has 8 heteroatoms. The molecule has 184 valence electrons. The fourth-order valence-electron chi connectivity index (χ4n) is 4.23. The van der Waals surface area contributed by atoms with Crippen LogP contribution in [0.25, 0.3) is 0 Å². The van der Waals surface area contributed by atoms with Crippen LogP contribution >= 0.6 is 0 Å². The van der Waals surface area contributed by atoms with Gasteiger partial charge in [-0.3, -0.25) is 4.79 Å². The molecule has 0 spiro atoms. The molecule has 3 rings (SSSR count). The third-order valence-corrected chi connectivity index (χ3v) is 5.94. The Morgan fingerprint density at radius 1 is 0.971 bits per heavy atom. The molecular formula is C26H33NO7. The maximum absolute atomic E-state index is 13.9. The number of amides is 1. The van der Waals surface area contributed by atoms with Crippen LogP contribution in [0.1, 0.15) is 53.6 Å². The Balaban J connectivity index is 2.02. The van der Waals surface area contributed by atoms with Crippen molar-refractivity contribution in [3.05, 3.63) is 59.2 Å². The van der Waals surface area contributed by atoms with Gasteiger partial charge in [0.05, 0.1) is 12.7 Å². The maximum atomic E-state index is 13.9. The molecule has 2 atom stereocenters. The van der Waals surface area contributed by atoms with E-state index >= 15 is 0 Å². The minimum atomic E-state index is -0.690. The summed E-state index contributed by atoms with van der Waals surface area (Å²) in [5.74, 6) is 0.227. The van der Waals surface area contributed by atoms with E-state index in [4.69, 9.17) is 23.7 Å². The van der Waals surface area contributed by atoms with Crippen LogP contribution in [-0.4, -0.2) is 64.3 Å². The molecule has 1 amide bonds. The molecule has 0 unspecified atom stereocenters. The summed E-state index contributed by atoms with van der Waals surface area (Å²) in [6, 6.07) is 12.6. The van der Waals surface area contributed by atoms with Gasteiger partial charge in [0.1, 0.15) is 17.5 Å². The normalized spacial score (nSPS) is 17.6. The second-order valence-corrected chi connectivity index (χ2v) is 8.48. The van der Waals surface area contributed by atoms with E-state index in [9.17, 15) is 9.59 Å². The molecule has 1 fully saturated rings. The van der Waals surface area contributed by atoms with Gasteiger partial charge in [0.15, 0.2) is 13.6 Å². The van der Waals surface area contributed by atoms with Crippen molar-refractivity contribution in [3.63, 3.8) is 0 Å². The number of rotatable bonds is 10. The van der Waals surface area contributed by atoms with Crippen LogP contribution < -0.4 is 9.47 Å². The number of methoxy groups -OCH3 is 3. The fourth-order valence-corrected chi connectivity index (χ4v) is 4.23. The lowest BCUT2D eigenvalue weighted by molar-refractivity contribution is -0.145. The Hall–Kier alpha value is -3.10. The van der Waals surface area contributed by atoms with E-state index < -0.39 is 12.0 Å². The summed E-state index contributed by atoms with van der Waals surface area (Å²) in [7, 11) is 4.38. The van der Waals surface area contributed by atoms with E-state index in [1.165, 1.54) is 14.2 Å². The summed E-state index contributed by atoms with van der Waals surface area (Å²) in [4.78, 5) is 28.1. The number of hydrogen-bond donors (Lipinski definition) is 0. The van der Waals surface area contributed by atoms with Gasteiger partial charge in [0, 0.05) is 32.7 Å². The van der Waals surface area contributed by atoms with Gasteiger partial charge in [-0.05, 0) is 29.5 Å². The number of hydrogen-bond acceptors (Lipinski definition) is 7. The van der Waals surface area contributed by atoms with Crippen LogP contribution in [-0.2, 0) is 19.0 Å². The first-order valence-electron chi connectivity index (χ1n) is 11.3. The minimum Gasteiger partial charge on any atom is -0.467 e. The number of ether oxygens (including phenoxy) is 5. The Morgan fingerprint density at radius 3 is 2.21 bits per heavy atom. The number of esters is 1. The molecule has 0 radical (unpaired) electrons. The van der Waals surface area contributed by atoms with Gasteiger partial charge < -0.3 is 28.6 Å². The smallest absolute Gasteiger partial charge is 0.328 e. The van der Waals surface area contributed by atoms with Crippen LogP contribution in [0.5, 0.6) is 11.5 Å². The lowest BCUT2D eigenvalue weighted by Crippen LogP contribution is -2.41. The van der Waals surface area contributed by atoms with Crippen LogP contribution in [0.15, 0.2) is 42.5 Å². The molecule has 8 nitrogen and oxygen atoms in total. The first-order valence-corrected chi connectivity index (χ1v) is 11.3. The molecule has 0 bridgehead atoms. The third-order valence-electron chi connectivity index (χ3n) is 5.94. The summed E-state index contributed by atoms with van der Waals surface area (Å²) in [6.45, 7) is 4.43. The van der Waals surface area contributed by atoms with Gasteiger partial charge in [0.25, 0.3) is 5.91 Å². The van der Waals surface area contributed by atoms with Gasteiger partial charge in [-0.2, -0.15) is 0 Å². The molecule has 1 heterocycles. The van der Waals surface area contributed by atoms with Gasteiger partial charge in [0.2, 0.25) is 0 Å². The average Bonchev–Trinajstić information content (AvgIpc) is 3.31. The molecule has 34 heavy (non-hydrogen) atoms. The highest BCUT2D eigenvalue weighted by molar-refractivity contribution is 6.00. The van der Waals surface area contributed by atoms with Crippen molar-refractivity contribution in [1.82, 2.24) is 4.90 Å². The van der Waals surface area contributed by atoms with Crippen molar-refractivity contribution in [2.45, 2.75) is 38.1 Å². The zero-order valence-electron chi connectivity index (χ0n) is 20.4. The second-order valence-electron chi connectivity index (χ2n) is 8.48. The Kier molecular flexibility index (Phi) is 8.90. The maximum Gasteiger partial charge on any atom is 0.328 e. The highest BCUT2D eigenvalue weighted by atomic mass is 16.7. The van der Waals surface area contributed by atoms with Crippen molar-refractivity contribution in [1.29, 1.82) is 0 Å². The van der Waals surface area contributed by atoms with Crippen LogP contribution in [0, 0.1) is 0 Å². The van der Waals surface area contributed by atoms with Crippen molar-refractivity contribution < 1.29 is 33.3 Å². The monoisotopic (exact) mass is 471 g/mol. The number of carbonyl (C=O) groups is 2. The van der Waals surface area contributed by atoms with E-state index in [-0.39, 0.29) is 31.3 Å². The summed E-state index contributed by atoms with van der Waals surface area (Å²) in [6.07, 6.45) is 0.489. The molecule has 2 aromatic carbocycles. The molecule has 0 aliphatic carbocycles. The van der Waals surface area contributed by atoms with E-state index in [1.54, 1.807) is 24.1 Å². The SMILES string of the molecule is COCOc1cc(OCOC)c(C(C)C)cc1C(=O)N1C[C@@H](c2ccccc2)C[C@@H]1C(=O)OC. The van der Waals surface area contributed by atoms with Crippen molar-refractivity contribution in [2.24, 2.45) is 0 Å². The van der Waals surface area contributed by atoms with Gasteiger partial charge in [-0.1, -0.05) is 44.2 Å². The molecule has 0 saturated carbocycles. The van der Waals surface area contributed by atoms with Crippen LogP contribution in [0.4, 0.5) is 0 Å². The predicted octanol–water partition coefficient (Wildman–Crippen LogP) is 3.95. The minimum absolute atomic E-state index is 0.0199. The van der Waals surface area contributed by atoms with E-state index in [0.29, 0.717) is 30.0 Å². The summed E-state index contributed by atoms with van der Waals surface area (Å²) >= 11 is 0. The lowest BCUT2D eigenvalue weighted by atomic mass is 9.96. The Labute approximate surface area is 200 Å². The molecule has 0 N–H and O–H groups in total. The summed E-state index contributed by atoms with van der Waals surface area (Å²) < 4.78 is 26.6. The summed E-state index contributed by atoms with van der Waals surface area (Å²) in [5.41, 5.74) is 2.25. The molecule has 0 aromatic heterocycles. The van der Waals surface area contributed by atoms with E-state index in [0.717, 1.165) is 11.1 Å². The van der Waals surface area contributed by atoms with Gasteiger partial charge in [-0.25, -0.2) is 4.79 Å². The molecule has 1 aliphatic heterocycles. The molecule has 1 saturated heterocycles. The predicted molar refractivity (Wildman–Crippen MR) is 126 cm³/mol. The number of benzene rings is 2. The van der Waals surface area contributed by atoms with Crippen molar-refractivity contribution >= 4 is 11.9 Å². The number of likely N-dealkylation sites (tertiary alicyclic amines) is 1.